The van der Waals surface area contributed by atoms with Crippen LogP contribution in [0.2, 0.25) is 10.0 Å². The smallest absolute Gasteiger partial charge is 0.361 e. The van der Waals surface area contributed by atoms with E-state index in [2.05, 4.69) is 10.3 Å². The molecule has 0 saturated carbocycles. The Morgan fingerprint density at radius 1 is 1.36 bits per heavy atom. The van der Waals surface area contributed by atoms with Crippen LogP contribution < -0.4 is 21.9 Å². The fourth-order valence-electron chi connectivity index (χ4n) is 2.62. The van der Waals surface area contributed by atoms with Crippen LogP contribution in [0, 0.1) is 0 Å². The average molecular weight is 389 g/mol. The van der Waals surface area contributed by atoms with E-state index < -0.39 is 5.97 Å². The van der Waals surface area contributed by atoms with Crippen LogP contribution in [-0.2, 0) is 14.3 Å². The van der Waals surface area contributed by atoms with Crippen LogP contribution in [0.3, 0.4) is 0 Å². The van der Waals surface area contributed by atoms with Crippen LogP contribution in [0.1, 0.15) is 19.8 Å². The largest absolute Gasteiger partial charge is 0.474 e. The lowest BCUT2D eigenvalue weighted by Crippen LogP contribution is -2.39. The van der Waals surface area contributed by atoms with Crippen molar-refractivity contribution in [3.05, 3.63) is 39.8 Å². The van der Waals surface area contributed by atoms with Crippen LogP contribution in [0.25, 0.3) is 0 Å². The fourth-order valence-corrected chi connectivity index (χ4v) is 3.02. The lowest BCUT2D eigenvalue weighted by Gasteiger charge is -2.34. The molecule has 25 heavy (non-hydrogen) atoms. The van der Waals surface area contributed by atoms with E-state index in [9.17, 15) is 4.79 Å². The zero-order chi connectivity index (χ0) is 18.4. The molecule has 0 amide bonds. The van der Waals surface area contributed by atoms with Crippen molar-refractivity contribution in [2.45, 2.75) is 25.9 Å². The topological polar surface area (TPSA) is 103 Å². The average Bonchev–Trinajstić information content (AvgIpc) is 2.59. The number of anilines is 1. The van der Waals surface area contributed by atoms with Crippen molar-refractivity contribution in [2.24, 2.45) is 11.6 Å². The third-order valence-electron chi connectivity index (χ3n) is 3.85. The van der Waals surface area contributed by atoms with Gasteiger partial charge in [-0.3, -0.25) is 5.84 Å². The number of nitrogens with one attached hydrogen (secondary N) is 1. The summed E-state index contributed by atoms with van der Waals surface area (Å²) in [4.78, 5) is 13.9. The molecule has 1 saturated heterocycles. The van der Waals surface area contributed by atoms with Gasteiger partial charge in [0, 0.05) is 31.0 Å². The molecule has 0 aromatic heterocycles. The lowest BCUT2D eigenvalue weighted by atomic mass is 10.1. The van der Waals surface area contributed by atoms with Gasteiger partial charge in [-0.2, -0.15) is 0 Å². The lowest BCUT2D eigenvalue weighted by molar-refractivity contribution is -0.139. The minimum atomic E-state index is -0.648. The van der Waals surface area contributed by atoms with E-state index in [1.54, 1.807) is 19.1 Å². The number of piperidine rings is 1. The van der Waals surface area contributed by atoms with Crippen LogP contribution in [-0.4, -0.2) is 31.8 Å². The molecule has 0 atom stereocenters. The number of benzene rings is 1. The molecular formula is C16H22Cl2N4O3. The Labute approximate surface area is 156 Å². The van der Waals surface area contributed by atoms with Crippen molar-refractivity contribution in [2.75, 3.05) is 24.6 Å². The number of nitrogens with two attached hydrogens (primary N) is 2. The van der Waals surface area contributed by atoms with Gasteiger partial charge in [0.25, 0.3) is 0 Å². The molecular weight excluding hydrogens is 367 g/mol. The number of ether oxygens (including phenoxy) is 2. The van der Waals surface area contributed by atoms with Crippen LogP contribution in [0.15, 0.2) is 29.8 Å². The molecule has 1 fully saturated rings. The Hall–Kier alpha value is -1.83. The van der Waals surface area contributed by atoms with Crippen molar-refractivity contribution in [3.8, 4) is 0 Å². The maximum atomic E-state index is 11.7. The molecule has 1 aromatic rings. The molecule has 1 heterocycles. The first kappa shape index (κ1) is 19.5. The van der Waals surface area contributed by atoms with Crippen molar-refractivity contribution in [3.63, 3.8) is 0 Å². The second-order valence-electron chi connectivity index (χ2n) is 5.50. The maximum absolute atomic E-state index is 11.7. The summed E-state index contributed by atoms with van der Waals surface area (Å²) in [7, 11) is 0. The summed E-state index contributed by atoms with van der Waals surface area (Å²) in [6.45, 7) is 3.36. The summed E-state index contributed by atoms with van der Waals surface area (Å²) >= 11 is 12.3. The van der Waals surface area contributed by atoms with E-state index in [0.717, 1.165) is 18.8 Å². The standard InChI is InChI=1S/C16H22Cl2N4O3/c1-2-24-16(23)14(21-20)15(19)25-11-5-7-22(8-6-11)13-9-10(17)3-4-12(13)18/h3-4,9,11,21H,2,5-8,19-20H2,1H3/b15-14+. The first-order valence-corrected chi connectivity index (χ1v) is 8.72. The minimum absolute atomic E-state index is 0.0693. The number of nitrogens with zero attached hydrogens (tertiary/aromatic N) is 1. The normalized spacial score (nSPS) is 16.2. The molecule has 9 heteroatoms. The van der Waals surface area contributed by atoms with Gasteiger partial charge in [0.05, 0.1) is 17.3 Å². The van der Waals surface area contributed by atoms with E-state index in [4.69, 9.17) is 44.3 Å². The molecule has 0 aliphatic carbocycles. The predicted molar refractivity (Wildman–Crippen MR) is 98.0 cm³/mol. The summed E-state index contributed by atoms with van der Waals surface area (Å²) in [5, 5.41) is 1.29. The highest BCUT2D eigenvalue weighted by Crippen LogP contribution is 2.31. The van der Waals surface area contributed by atoms with Gasteiger partial charge in [-0.15, -0.1) is 0 Å². The van der Waals surface area contributed by atoms with Crippen LogP contribution >= 0.6 is 23.2 Å². The van der Waals surface area contributed by atoms with Crippen LogP contribution in [0.4, 0.5) is 5.69 Å². The minimum Gasteiger partial charge on any atom is -0.474 e. The first-order chi connectivity index (χ1) is 12.0. The number of halogens is 2. The molecule has 2 rings (SSSR count). The zero-order valence-electron chi connectivity index (χ0n) is 13.9. The van der Waals surface area contributed by atoms with Crippen molar-refractivity contribution >= 4 is 34.9 Å². The third kappa shape index (κ3) is 5.07. The van der Waals surface area contributed by atoms with Crippen LogP contribution in [0.5, 0.6) is 0 Å². The van der Waals surface area contributed by atoms with Gasteiger partial charge < -0.3 is 25.5 Å². The number of hydrogen-bond donors (Lipinski definition) is 3. The van der Waals surface area contributed by atoms with Gasteiger partial charge in [0.1, 0.15) is 6.10 Å². The molecule has 5 N–H and O–H groups in total. The van der Waals surface area contributed by atoms with E-state index >= 15 is 0 Å². The van der Waals surface area contributed by atoms with E-state index in [-0.39, 0.29) is 24.3 Å². The number of hydrazine groups is 1. The highest BCUT2D eigenvalue weighted by molar-refractivity contribution is 6.35. The number of rotatable bonds is 6. The predicted octanol–water partition coefficient (Wildman–Crippen LogP) is 2.13. The monoisotopic (exact) mass is 388 g/mol. The summed E-state index contributed by atoms with van der Waals surface area (Å²) in [6, 6.07) is 5.38. The van der Waals surface area contributed by atoms with Gasteiger partial charge in [0.15, 0.2) is 5.70 Å². The van der Waals surface area contributed by atoms with Gasteiger partial charge in [-0.25, -0.2) is 4.79 Å². The van der Waals surface area contributed by atoms with Gasteiger partial charge in [0.2, 0.25) is 5.88 Å². The molecule has 1 aliphatic heterocycles. The highest BCUT2D eigenvalue weighted by Gasteiger charge is 2.24. The Kier molecular flexibility index (Phi) is 7.04. The van der Waals surface area contributed by atoms with Gasteiger partial charge in [-0.1, -0.05) is 23.2 Å². The third-order valence-corrected chi connectivity index (χ3v) is 4.41. The second kappa shape index (κ2) is 9.03. The number of carbonyl (C=O) groups excluding carboxylic acids is 1. The Bertz CT molecular complexity index is 646. The molecule has 0 spiro atoms. The molecule has 7 nitrogen and oxygen atoms in total. The number of hydrogen-bond acceptors (Lipinski definition) is 7. The Morgan fingerprint density at radius 2 is 2.04 bits per heavy atom. The SMILES string of the molecule is CCOC(=O)/C(NN)=C(/N)OC1CCN(c2cc(Cl)ccc2Cl)CC1. The maximum Gasteiger partial charge on any atom is 0.361 e. The first-order valence-electron chi connectivity index (χ1n) is 7.96. The Balaban J connectivity index is 1.98. The summed E-state index contributed by atoms with van der Waals surface area (Å²) in [5.41, 5.74) is 8.89. The van der Waals surface area contributed by atoms with Crippen molar-refractivity contribution in [1.82, 2.24) is 5.43 Å². The Morgan fingerprint density at radius 3 is 2.64 bits per heavy atom. The molecule has 1 aromatic carbocycles. The second-order valence-corrected chi connectivity index (χ2v) is 6.35. The number of carbonyl (C=O) groups is 1. The summed E-state index contributed by atoms with van der Waals surface area (Å²) in [5.74, 6) is 4.62. The molecule has 0 unspecified atom stereocenters. The summed E-state index contributed by atoms with van der Waals surface area (Å²) < 4.78 is 10.5. The number of esters is 1. The van der Waals surface area contributed by atoms with Gasteiger partial charge in [-0.05, 0) is 25.1 Å². The molecule has 138 valence electrons. The summed E-state index contributed by atoms with van der Waals surface area (Å²) in [6.07, 6.45) is 1.29. The van der Waals surface area contributed by atoms with E-state index in [1.807, 2.05) is 6.07 Å². The molecule has 1 aliphatic rings. The van der Waals surface area contributed by atoms with Crippen molar-refractivity contribution in [1.29, 1.82) is 0 Å². The van der Waals surface area contributed by atoms with Crippen molar-refractivity contribution < 1.29 is 14.3 Å². The molecule has 0 radical (unpaired) electrons. The highest BCUT2D eigenvalue weighted by atomic mass is 35.5. The van der Waals surface area contributed by atoms with Gasteiger partial charge >= 0.3 is 5.97 Å². The van der Waals surface area contributed by atoms with E-state index in [0.29, 0.717) is 22.9 Å². The van der Waals surface area contributed by atoms with E-state index in [1.165, 1.54) is 0 Å². The quantitative estimate of drug-likeness (QED) is 0.225. The molecule has 0 bridgehead atoms. The fraction of sp³-hybridized carbons (Fsp3) is 0.438. The zero-order valence-corrected chi connectivity index (χ0v) is 15.4.